The number of ether oxygens (including phenoxy) is 2. The summed E-state index contributed by atoms with van der Waals surface area (Å²) < 4.78 is 10.6. The number of amides is 3. The number of rotatable bonds is 6. The molecule has 1 unspecified atom stereocenters. The van der Waals surface area contributed by atoms with Crippen LogP contribution in [0.1, 0.15) is 6.42 Å². The maximum absolute atomic E-state index is 12.7. The number of carbonyl (C=O) groups is 3. The Morgan fingerprint density at radius 2 is 1.81 bits per heavy atom. The van der Waals surface area contributed by atoms with Gasteiger partial charge in [0.1, 0.15) is 11.5 Å². The van der Waals surface area contributed by atoms with E-state index in [1.54, 1.807) is 68.6 Å². The average molecular weight is 444 g/mol. The second-order valence-electron chi connectivity index (χ2n) is 7.22. The molecule has 9 heteroatoms. The molecule has 1 fully saturated rings. The van der Waals surface area contributed by atoms with Crippen molar-refractivity contribution in [2.45, 2.75) is 11.3 Å². The third kappa shape index (κ3) is 5.29. The Morgan fingerprint density at radius 1 is 1.10 bits per heavy atom. The Bertz CT molecular complexity index is 978. The van der Waals surface area contributed by atoms with Crippen molar-refractivity contribution >= 4 is 40.2 Å². The van der Waals surface area contributed by atoms with Gasteiger partial charge >= 0.3 is 0 Å². The molecule has 1 atom stereocenters. The predicted octanol–water partition coefficient (Wildman–Crippen LogP) is 3.47. The monoisotopic (exact) mass is 443 g/mol. The second kappa shape index (κ2) is 9.74. The van der Waals surface area contributed by atoms with Gasteiger partial charge in [-0.3, -0.25) is 14.4 Å². The van der Waals surface area contributed by atoms with Crippen LogP contribution < -0.4 is 19.7 Å². The van der Waals surface area contributed by atoms with E-state index in [1.165, 1.54) is 12.0 Å². The molecule has 2 aromatic carbocycles. The van der Waals surface area contributed by atoms with Crippen LogP contribution in [-0.2, 0) is 9.59 Å². The number of hydrogen-bond acceptors (Lipinski definition) is 6. The van der Waals surface area contributed by atoms with Crippen molar-refractivity contribution < 1.29 is 23.9 Å². The van der Waals surface area contributed by atoms with Crippen molar-refractivity contribution in [1.29, 1.82) is 0 Å². The van der Waals surface area contributed by atoms with Crippen LogP contribution in [0, 0.1) is 5.92 Å². The van der Waals surface area contributed by atoms with Gasteiger partial charge in [0.2, 0.25) is 11.8 Å². The summed E-state index contributed by atoms with van der Waals surface area (Å²) in [5.74, 6) is 0.277. The minimum absolute atomic E-state index is 0.0738. The molecule has 164 valence electrons. The molecule has 0 aromatic heterocycles. The normalized spacial score (nSPS) is 15.5. The molecule has 0 aliphatic carbocycles. The van der Waals surface area contributed by atoms with Gasteiger partial charge in [0, 0.05) is 43.7 Å². The molecule has 0 bridgehead atoms. The molecule has 3 amide bonds. The SMILES string of the molecule is COc1ccc(N2CC(C(=O)Nc3ccc(SC(=O)N(C)C)cc3)CC2=O)c(OC)c1. The highest BCUT2D eigenvalue weighted by Crippen LogP contribution is 2.36. The lowest BCUT2D eigenvalue weighted by atomic mass is 10.1. The number of anilines is 2. The third-order valence-electron chi connectivity index (χ3n) is 4.87. The number of nitrogens with zero attached hydrogens (tertiary/aromatic N) is 2. The van der Waals surface area contributed by atoms with E-state index in [1.807, 2.05) is 0 Å². The zero-order valence-corrected chi connectivity index (χ0v) is 18.7. The van der Waals surface area contributed by atoms with Gasteiger partial charge < -0.3 is 24.6 Å². The van der Waals surface area contributed by atoms with Gasteiger partial charge in [0.05, 0.1) is 25.8 Å². The van der Waals surface area contributed by atoms with E-state index in [9.17, 15) is 14.4 Å². The molecule has 0 saturated carbocycles. The van der Waals surface area contributed by atoms with E-state index in [-0.39, 0.29) is 30.0 Å². The fourth-order valence-electron chi connectivity index (χ4n) is 3.17. The molecule has 31 heavy (non-hydrogen) atoms. The van der Waals surface area contributed by atoms with Crippen molar-refractivity contribution in [3.05, 3.63) is 42.5 Å². The van der Waals surface area contributed by atoms with Gasteiger partial charge in [-0.05, 0) is 48.2 Å². The molecular weight excluding hydrogens is 418 g/mol. The minimum atomic E-state index is -0.483. The van der Waals surface area contributed by atoms with Crippen LogP contribution in [0.5, 0.6) is 11.5 Å². The Kier molecular flexibility index (Phi) is 7.06. The van der Waals surface area contributed by atoms with Crippen molar-refractivity contribution in [2.24, 2.45) is 5.92 Å². The summed E-state index contributed by atoms with van der Waals surface area (Å²) in [5.41, 5.74) is 1.22. The summed E-state index contributed by atoms with van der Waals surface area (Å²) in [7, 11) is 6.47. The fraction of sp³-hybridized carbons (Fsp3) is 0.318. The first kappa shape index (κ1) is 22.5. The Morgan fingerprint density at radius 3 is 2.42 bits per heavy atom. The van der Waals surface area contributed by atoms with Crippen LogP contribution in [0.15, 0.2) is 47.4 Å². The van der Waals surface area contributed by atoms with Gasteiger partial charge in [-0.15, -0.1) is 0 Å². The lowest BCUT2D eigenvalue weighted by molar-refractivity contribution is -0.122. The van der Waals surface area contributed by atoms with Crippen LogP contribution in [-0.4, -0.2) is 56.8 Å². The van der Waals surface area contributed by atoms with Crippen LogP contribution in [0.2, 0.25) is 0 Å². The second-order valence-corrected chi connectivity index (χ2v) is 8.24. The summed E-state index contributed by atoms with van der Waals surface area (Å²) in [6.45, 7) is 0.263. The molecule has 8 nitrogen and oxygen atoms in total. The molecule has 0 spiro atoms. The zero-order chi connectivity index (χ0) is 22.5. The third-order valence-corrected chi connectivity index (χ3v) is 5.91. The number of benzene rings is 2. The van der Waals surface area contributed by atoms with Crippen LogP contribution in [0.3, 0.4) is 0 Å². The van der Waals surface area contributed by atoms with E-state index in [0.717, 1.165) is 16.7 Å². The van der Waals surface area contributed by atoms with Crippen molar-refractivity contribution in [3.63, 3.8) is 0 Å². The largest absolute Gasteiger partial charge is 0.497 e. The molecule has 1 heterocycles. The predicted molar refractivity (Wildman–Crippen MR) is 120 cm³/mol. The van der Waals surface area contributed by atoms with Gasteiger partial charge in [0.25, 0.3) is 5.24 Å². The highest BCUT2D eigenvalue weighted by atomic mass is 32.2. The van der Waals surface area contributed by atoms with Gasteiger partial charge in [-0.1, -0.05) is 0 Å². The number of thioether (sulfide) groups is 1. The minimum Gasteiger partial charge on any atom is -0.497 e. The van der Waals surface area contributed by atoms with E-state index < -0.39 is 5.92 Å². The van der Waals surface area contributed by atoms with E-state index >= 15 is 0 Å². The Balaban J connectivity index is 1.65. The smallest absolute Gasteiger partial charge is 0.285 e. The molecule has 1 aliphatic rings. The molecule has 1 N–H and O–H groups in total. The number of methoxy groups -OCH3 is 2. The quantitative estimate of drug-likeness (QED) is 0.688. The fourth-order valence-corrected chi connectivity index (χ4v) is 3.82. The topological polar surface area (TPSA) is 88.2 Å². The first-order valence-corrected chi connectivity index (χ1v) is 10.5. The summed E-state index contributed by atoms with van der Waals surface area (Å²) >= 11 is 1.11. The van der Waals surface area contributed by atoms with Gasteiger partial charge in [-0.2, -0.15) is 0 Å². The highest BCUT2D eigenvalue weighted by Gasteiger charge is 2.36. The lowest BCUT2D eigenvalue weighted by Gasteiger charge is -2.20. The zero-order valence-electron chi connectivity index (χ0n) is 17.9. The van der Waals surface area contributed by atoms with E-state index in [0.29, 0.717) is 22.9 Å². The molecule has 2 aromatic rings. The molecule has 1 saturated heterocycles. The summed E-state index contributed by atoms with van der Waals surface area (Å²) in [5, 5.41) is 2.78. The van der Waals surface area contributed by atoms with E-state index in [4.69, 9.17) is 9.47 Å². The standard InChI is InChI=1S/C22H25N3O5S/c1-24(2)22(28)31-17-8-5-15(6-9-17)23-21(27)14-11-20(26)25(13-14)18-10-7-16(29-3)12-19(18)30-4/h5-10,12,14H,11,13H2,1-4H3,(H,23,27). The molecule has 0 radical (unpaired) electrons. The number of carbonyl (C=O) groups excluding carboxylic acids is 3. The molecule has 1 aliphatic heterocycles. The van der Waals surface area contributed by atoms with Gasteiger partial charge in [-0.25, -0.2) is 0 Å². The van der Waals surface area contributed by atoms with Crippen molar-refractivity contribution in [3.8, 4) is 11.5 Å². The maximum atomic E-state index is 12.7. The molecular formula is C22H25N3O5S. The Hall–Kier alpha value is -3.20. The number of hydrogen-bond donors (Lipinski definition) is 1. The van der Waals surface area contributed by atoms with Crippen molar-refractivity contribution in [1.82, 2.24) is 4.90 Å². The summed E-state index contributed by atoms with van der Waals surface area (Å²) in [6, 6.07) is 12.2. The summed E-state index contributed by atoms with van der Waals surface area (Å²) in [6.07, 6.45) is 0.117. The number of nitrogens with one attached hydrogen (secondary N) is 1. The first-order chi connectivity index (χ1) is 14.8. The first-order valence-electron chi connectivity index (χ1n) is 9.64. The van der Waals surface area contributed by atoms with Crippen LogP contribution in [0.4, 0.5) is 16.2 Å². The van der Waals surface area contributed by atoms with Crippen LogP contribution >= 0.6 is 11.8 Å². The highest BCUT2D eigenvalue weighted by molar-refractivity contribution is 8.13. The summed E-state index contributed by atoms with van der Waals surface area (Å²) in [4.78, 5) is 40.9. The lowest BCUT2D eigenvalue weighted by Crippen LogP contribution is -2.28. The molecule has 3 rings (SSSR count). The Labute approximate surface area is 185 Å². The van der Waals surface area contributed by atoms with Crippen molar-refractivity contribution in [2.75, 3.05) is 45.1 Å². The average Bonchev–Trinajstić information content (AvgIpc) is 3.16. The van der Waals surface area contributed by atoms with E-state index in [2.05, 4.69) is 5.32 Å². The maximum Gasteiger partial charge on any atom is 0.285 e. The van der Waals surface area contributed by atoms with Gasteiger partial charge in [0.15, 0.2) is 0 Å². The van der Waals surface area contributed by atoms with Crippen LogP contribution in [0.25, 0.3) is 0 Å².